The highest BCUT2D eigenvalue weighted by molar-refractivity contribution is 6.45. The minimum atomic E-state index is -0.330. The monoisotopic (exact) mass is 439 g/mol. The van der Waals surface area contributed by atoms with Gasteiger partial charge in [-0.2, -0.15) is 0 Å². The molecule has 7 heteroatoms. The minimum Gasteiger partial charge on any atom is -0.395 e. The Hall–Kier alpha value is -2.67. The lowest BCUT2D eigenvalue weighted by atomic mass is 9.99. The summed E-state index contributed by atoms with van der Waals surface area (Å²) in [4.78, 5) is 32.5. The molecule has 162 valence electrons. The molecule has 2 aromatic carbocycles. The van der Waals surface area contributed by atoms with Crippen molar-refractivity contribution in [2.45, 2.75) is 13.8 Å². The number of rotatable bonds is 5. The molecule has 0 aromatic heterocycles. The fourth-order valence-corrected chi connectivity index (χ4v) is 4.34. The van der Waals surface area contributed by atoms with Crippen molar-refractivity contribution in [1.29, 1.82) is 0 Å². The SMILES string of the molecule is Cc1ccc(C2=C(N3CCN(CCO)CC3)C(=O)N(c3cccc(Cl)c3)C2=O)cc1C. The Bertz CT molecular complexity index is 1060. The molecule has 0 saturated carbocycles. The summed E-state index contributed by atoms with van der Waals surface area (Å²) in [5.74, 6) is -0.653. The zero-order chi connectivity index (χ0) is 22.1. The summed E-state index contributed by atoms with van der Waals surface area (Å²) < 4.78 is 0. The topological polar surface area (TPSA) is 64.1 Å². The number of aryl methyl sites for hydroxylation is 2. The molecule has 2 heterocycles. The van der Waals surface area contributed by atoms with Crippen molar-refractivity contribution in [3.8, 4) is 0 Å². The predicted molar refractivity (Wildman–Crippen MR) is 122 cm³/mol. The van der Waals surface area contributed by atoms with Crippen LogP contribution in [0.2, 0.25) is 5.02 Å². The van der Waals surface area contributed by atoms with Crippen molar-refractivity contribution in [3.63, 3.8) is 0 Å². The molecule has 0 spiro atoms. The third-order valence-electron chi connectivity index (χ3n) is 6.03. The van der Waals surface area contributed by atoms with Gasteiger partial charge in [0.05, 0.1) is 17.9 Å². The Morgan fingerprint density at radius 1 is 0.935 bits per heavy atom. The summed E-state index contributed by atoms with van der Waals surface area (Å²) in [6.07, 6.45) is 0. The maximum absolute atomic E-state index is 13.6. The minimum absolute atomic E-state index is 0.108. The Balaban J connectivity index is 1.77. The second kappa shape index (κ2) is 8.83. The molecule has 0 unspecified atom stereocenters. The van der Waals surface area contributed by atoms with Gasteiger partial charge in [-0.3, -0.25) is 14.5 Å². The number of halogens is 1. The first-order valence-electron chi connectivity index (χ1n) is 10.4. The molecule has 6 nitrogen and oxygen atoms in total. The normalized spacial score (nSPS) is 17.8. The van der Waals surface area contributed by atoms with Crippen LogP contribution in [-0.2, 0) is 9.59 Å². The van der Waals surface area contributed by atoms with Crippen LogP contribution in [0.4, 0.5) is 5.69 Å². The Labute approximate surface area is 187 Å². The van der Waals surface area contributed by atoms with Crippen LogP contribution in [0.25, 0.3) is 5.57 Å². The number of carbonyl (C=O) groups excluding carboxylic acids is 2. The van der Waals surface area contributed by atoms with Gasteiger partial charge in [-0.1, -0.05) is 35.9 Å². The third-order valence-corrected chi connectivity index (χ3v) is 6.26. The molecule has 2 aliphatic rings. The average Bonchev–Trinajstić information content (AvgIpc) is 3.01. The van der Waals surface area contributed by atoms with E-state index in [1.807, 2.05) is 36.9 Å². The summed E-state index contributed by atoms with van der Waals surface area (Å²) in [5.41, 5.74) is 4.29. The van der Waals surface area contributed by atoms with Gasteiger partial charge in [0.25, 0.3) is 11.8 Å². The third kappa shape index (κ3) is 4.11. The first-order chi connectivity index (χ1) is 14.9. The van der Waals surface area contributed by atoms with Crippen molar-refractivity contribution in [1.82, 2.24) is 9.80 Å². The van der Waals surface area contributed by atoms with Gasteiger partial charge >= 0.3 is 0 Å². The van der Waals surface area contributed by atoms with E-state index < -0.39 is 0 Å². The van der Waals surface area contributed by atoms with Gasteiger partial charge in [-0.15, -0.1) is 0 Å². The van der Waals surface area contributed by atoms with Crippen LogP contribution in [-0.4, -0.2) is 66.1 Å². The molecular weight excluding hydrogens is 414 g/mol. The highest BCUT2D eigenvalue weighted by Crippen LogP contribution is 2.36. The number of amides is 2. The van der Waals surface area contributed by atoms with Gasteiger partial charge in [0.1, 0.15) is 5.70 Å². The maximum atomic E-state index is 13.6. The molecule has 4 rings (SSSR count). The van der Waals surface area contributed by atoms with Gasteiger partial charge in [0.2, 0.25) is 0 Å². The number of aliphatic hydroxyl groups is 1. The van der Waals surface area contributed by atoms with Crippen molar-refractivity contribution < 1.29 is 14.7 Å². The first kappa shape index (κ1) is 21.6. The molecule has 31 heavy (non-hydrogen) atoms. The van der Waals surface area contributed by atoms with Crippen LogP contribution in [0.15, 0.2) is 48.2 Å². The molecule has 0 atom stereocenters. The fraction of sp³-hybridized carbons (Fsp3) is 0.333. The van der Waals surface area contributed by atoms with E-state index in [4.69, 9.17) is 11.6 Å². The summed E-state index contributed by atoms with van der Waals surface area (Å²) >= 11 is 6.14. The van der Waals surface area contributed by atoms with Gasteiger partial charge in [0, 0.05) is 37.7 Å². The molecule has 0 aliphatic carbocycles. The number of β-amino-alcohol motifs (C(OH)–C–C–N with tert-alkyl or cyclic N) is 1. The molecule has 2 aromatic rings. The Morgan fingerprint density at radius 2 is 1.68 bits per heavy atom. The summed E-state index contributed by atoms with van der Waals surface area (Å²) in [6.45, 7) is 7.43. The molecule has 1 saturated heterocycles. The van der Waals surface area contributed by atoms with Gasteiger partial charge < -0.3 is 10.0 Å². The van der Waals surface area contributed by atoms with E-state index in [1.165, 1.54) is 4.90 Å². The lowest BCUT2D eigenvalue weighted by Gasteiger charge is -2.36. The Kier molecular flexibility index (Phi) is 6.14. The molecule has 2 amide bonds. The fourth-order valence-electron chi connectivity index (χ4n) is 4.15. The zero-order valence-electron chi connectivity index (χ0n) is 17.8. The number of benzene rings is 2. The van der Waals surface area contributed by atoms with E-state index in [2.05, 4.69) is 4.90 Å². The van der Waals surface area contributed by atoms with Crippen molar-refractivity contribution >= 4 is 34.7 Å². The number of nitrogens with zero attached hydrogens (tertiary/aromatic N) is 3. The highest BCUT2D eigenvalue weighted by Gasteiger charge is 2.43. The molecule has 1 N–H and O–H groups in total. The van der Waals surface area contributed by atoms with Crippen molar-refractivity contribution in [3.05, 3.63) is 69.9 Å². The number of imide groups is 1. The maximum Gasteiger partial charge on any atom is 0.282 e. The molecule has 0 bridgehead atoms. The molecule has 1 fully saturated rings. The first-order valence-corrected chi connectivity index (χ1v) is 10.8. The van der Waals surface area contributed by atoms with Gasteiger partial charge in [-0.05, 0) is 48.7 Å². The summed E-state index contributed by atoms with van der Waals surface area (Å²) in [5, 5.41) is 9.68. The van der Waals surface area contributed by atoms with Crippen LogP contribution in [0.5, 0.6) is 0 Å². The van der Waals surface area contributed by atoms with E-state index in [0.717, 1.165) is 29.8 Å². The van der Waals surface area contributed by atoms with E-state index in [9.17, 15) is 14.7 Å². The lowest BCUT2D eigenvalue weighted by Crippen LogP contribution is -2.48. The van der Waals surface area contributed by atoms with E-state index in [-0.39, 0.29) is 18.4 Å². The second-order valence-electron chi connectivity index (χ2n) is 8.00. The van der Waals surface area contributed by atoms with Crippen molar-refractivity contribution in [2.24, 2.45) is 0 Å². The predicted octanol–water partition coefficient (Wildman–Crippen LogP) is 2.85. The van der Waals surface area contributed by atoms with Crippen molar-refractivity contribution in [2.75, 3.05) is 44.2 Å². The highest BCUT2D eigenvalue weighted by atomic mass is 35.5. The lowest BCUT2D eigenvalue weighted by molar-refractivity contribution is -0.120. The number of aliphatic hydroxyl groups excluding tert-OH is 1. The zero-order valence-corrected chi connectivity index (χ0v) is 18.5. The number of anilines is 1. The molecule has 0 radical (unpaired) electrons. The van der Waals surface area contributed by atoms with Crippen LogP contribution in [0.1, 0.15) is 16.7 Å². The van der Waals surface area contributed by atoms with Crippen LogP contribution in [0, 0.1) is 13.8 Å². The summed E-state index contributed by atoms with van der Waals surface area (Å²) in [6, 6.07) is 12.7. The van der Waals surface area contributed by atoms with Crippen LogP contribution in [0.3, 0.4) is 0 Å². The van der Waals surface area contributed by atoms with Gasteiger partial charge in [0.15, 0.2) is 0 Å². The Morgan fingerprint density at radius 3 is 2.32 bits per heavy atom. The standard InChI is InChI=1S/C24H26ClN3O3/c1-16-6-7-18(14-17(16)2)21-22(27-10-8-26(9-11-27)12-13-29)24(31)28(23(21)30)20-5-3-4-19(25)15-20/h3-7,14-15,29H,8-13H2,1-2H3. The van der Waals surface area contributed by atoms with Crippen LogP contribution < -0.4 is 4.90 Å². The molecule has 2 aliphatic heterocycles. The number of piperazine rings is 1. The number of hydrogen-bond donors (Lipinski definition) is 1. The largest absolute Gasteiger partial charge is 0.395 e. The average molecular weight is 440 g/mol. The number of carbonyl (C=O) groups is 2. The van der Waals surface area contributed by atoms with E-state index >= 15 is 0 Å². The van der Waals surface area contributed by atoms with Crippen LogP contribution >= 0.6 is 11.6 Å². The quantitative estimate of drug-likeness (QED) is 0.726. The van der Waals surface area contributed by atoms with E-state index in [1.54, 1.807) is 24.3 Å². The second-order valence-corrected chi connectivity index (χ2v) is 8.44. The molecular formula is C24H26ClN3O3. The van der Waals surface area contributed by atoms with Gasteiger partial charge in [-0.25, -0.2) is 4.90 Å². The smallest absolute Gasteiger partial charge is 0.282 e. The number of hydrogen-bond acceptors (Lipinski definition) is 5. The summed E-state index contributed by atoms with van der Waals surface area (Å²) in [7, 11) is 0. The van der Waals surface area contributed by atoms with E-state index in [0.29, 0.717) is 41.6 Å².